The molecule has 1 aliphatic heterocycles. The molecule has 0 aromatic heterocycles. The number of rotatable bonds is 3. The number of ether oxygens (including phenoxy) is 1. The summed E-state index contributed by atoms with van der Waals surface area (Å²) in [7, 11) is 0. The quantitative estimate of drug-likeness (QED) is 0.845. The normalized spacial score (nSPS) is 28.1. The standard InChI is InChI=1S/C19H34N2O4/c1-13(2)16-12-25-11-10-20(16)17(22)14-6-8-15(9-7-14)21(18(23)24)19(3,4)5/h13-16H,6-12H2,1-5H3,(H,23,24)/t14?,15?,16-/m1/s1. The van der Waals surface area contributed by atoms with Crippen LogP contribution >= 0.6 is 0 Å². The van der Waals surface area contributed by atoms with Gasteiger partial charge in [-0.05, 0) is 52.4 Å². The van der Waals surface area contributed by atoms with Gasteiger partial charge in [-0.2, -0.15) is 0 Å². The van der Waals surface area contributed by atoms with Gasteiger partial charge in [0, 0.05) is 24.0 Å². The number of hydrogen-bond donors (Lipinski definition) is 1. The lowest BCUT2D eigenvalue weighted by Gasteiger charge is -2.44. The minimum atomic E-state index is -0.865. The Morgan fingerprint density at radius 2 is 1.76 bits per heavy atom. The van der Waals surface area contributed by atoms with E-state index in [1.165, 1.54) is 0 Å². The molecule has 1 N–H and O–H groups in total. The van der Waals surface area contributed by atoms with Gasteiger partial charge in [-0.15, -0.1) is 0 Å². The Morgan fingerprint density at radius 1 is 1.16 bits per heavy atom. The third-order valence-corrected chi connectivity index (χ3v) is 5.56. The fourth-order valence-corrected chi connectivity index (χ4v) is 4.26. The van der Waals surface area contributed by atoms with E-state index >= 15 is 0 Å². The molecule has 0 radical (unpaired) electrons. The van der Waals surface area contributed by atoms with Crippen LogP contribution in [0.25, 0.3) is 0 Å². The summed E-state index contributed by atoms with van der Waals surface area (Å²) in [6, 6.07) is 0.163. The molecule has 1 saturated carbocycles. The van der Waals surface area contributed by atoms with Crippen molar-refractivity contribution in [2.45, 2.75) is 77.9 Å². The van der Waals surface area contributed by atoms with Crippen molar-refractivity contribution in [1.29, 1.82) is 0 Å². The van der Waals surface area contributed by atoms with E-state index in [4.69, 9.17) is 4.74 Å². The summed E-state index contributed by atoms with van der Waals surface area (Å²) in [5, 5.41) is 9.57. The minimum absolute atomic E-state index is 0.00661. The van der Waals surface area contributed by atoms with Crippen LogP contribution in [-0.4, -0.2) is 64.3 Å². The average molecular weight is 354 g/mol. The van der Waals surface area contributed by atoms with Gasteiger partial charge >= 0.3 is 6.09 Å². The maximum atomic E-state index is 13.0. The topological polar surface area (TPSA) is 70.1 Å². The first-order valence-electron chi connectivity index (χ1n) is 9.53. The second kappa shape index (κ2) is 7.94. The molecule has 0 bridgehead atoms. The lowest BCUT2D eigenvalue weighted by molar-refractivity contribution is -0.147. The summed E-state index contributed by atoms with van der Waals surface area (Å²) in [4.78, 5) is 28.3. The summed E-state index contributed by atoms with van der Waals surface area (Å²) in [6.45, 7) is 12.0. The molecule has 2 amide bonds. The molecule has 0 aromatic rings. The fraction of sp³-hybridized carbons (Fsp3) is 0.895. The van der Waals surface area contributed by atoms with Crippen LogP contribution in [-0.2, 0) is 9.53 Å². The van der Waals surface area contributed by atoms with E-state index in [-0.39, 0.29) is 23.9 Å². The molecule has 6 nitrogen and oxygen atoms in total. The largest absolute Gasteiger partial charge is 0.465 e. The Hall–Kier alpha value is -1.30. The van der Waals surface area contributed by atoms with Crippen molar-refractivity contribution in [2.75, 3.05) is 19.8 Å². The SMILES string of the molecule is CC(C)[C@H]1COCCN1C(=O)C1CCC(N(C(=O)O)C(C)(C)C)CC1. The van der Waals surface area contributed by atoms with Crippen molar-refractivity contribution < 1.29 is 19.4 Å². The molecular formula is C19H34N2O4. The molecule has 2 fully saturated rings. The third kappa shape index (κ3) is 4.66. The Morgan fingerprint density at radius 3 is 2.24 bits per heavy atom. The highest BCUT2D eigenvalue weighted by Crippen LogP contribution is 2.33. The van der Waals surface area contributed by atoms with Crippen LogP contribution in [0, 0.1) is 11.8 Å². The summed E-state index contributed by atoms with van der Waals surface area (Å²) < 4.78 is 5.56. The first-order valence-corrected chi connectivity index (χ1v) is 9.53. The Kier molecular flexibility index (Phi) is 6.35. The average Bonchev–Trinajstić information content (AvgIpc) is 2.53. The van der Waals surface area contributed by atoms with E-state index in [1.54, 1.807) is 4.90 Å². The zero-order valence-corrected chi connectivity index (χ0v) is 16.3. The van der Waals surface area contributed by atoms with Crippen molar-refractivity contribution in [3.63, 3.8) is 0 Å². The molecule has 2 aliphatic rings. The van der Waals surface area contributed by atoms with Crippen molar-refractivity contribution >= 4 is 12.0 Å². The molecule has 1 saturated heterocycles. The summed E-state index contributed by atoms with van der Waals surface area (Å²) in [5.41, 5.74) is -0.416. The molecule has 0 spiro atoms. The maximum absolute atomic E-state index is 13.0. The van der Waals surface area contributed by atoms with E-state index in [2.05, 4.69) is 13.8 Å². The predicted molar refractivity (Wildman–Crippen MR) is 96.5 cm³/mol. The molecule has 0 unspecified atom stereocenters. The third-order valence-electron chi connectivity index (χ3n) is 5.56. The first kappa shape index (κ1) is 20.0. The molecule has 1 aliphatic carbocycles. The Balaban J connectivity index is 1.99. The van der Waals surface area contributed by atoms with Crippen LogP contribution in [0.4, 0.5) is 4.79 Å². The monoisotopic (exact) mass is 354 g/mol. The molecule has 1 heterocycles. The molecule has 25 heavy (non-hydrogen) atoms. The lowest BCUT2D eigenvalue weighted by atomic mass is 9.82. The molecule has 6 heteroatoms. The van der Waals surface area contributed by atoms with Crippen molar-refractivity contribution in [1.82, 2.24) is 9.80 Å². The second-order valence-corrected chi connectivity index (χ2v) is 8.75. The van der Waals surface area contributed by atoms with Gasteiger partial charge in [-0.25, -0.2) is 4.79 Å². The van der Waals surface area contributed by atoms with Crippen LogP contribution in [0.3, 0.4) is 0 Å². The van der Waals surface area contributed by atoms with Gasteiger partial charge in [0.05, 0.1) is 19.3 Å². The van der Waals surface area contributed by atoms with Crippen molar-refractivity contribution in [3.8, 4) is 0 Å². The fourth-order valence-electron chi connectivity index (χ4n) is 4.26. The smallest absolute Gasteiger partial charge is 0.407 e. The number of amides is 2. The second-order valence-electron chi connectivity index (χ2n) is 8.75. The van der Waals surface area contributed by atoms with E-state index in [1.807, 2.05) is 25.7 Å². The molecule has 0 aromatic carbocycles. The van der Waals surface area contributed by atoms with Crippen LogP contribution in [0.2, 0.25) is 0 Å². The van der Waals surface area contributed by atoms with Crippen LogP contribution in [0.5, 0.6) is 0 Å². The number of carboxylic acid groups (broad SMARTS) is 1. The van der Waals surface area contributed by atoms with E-state index in [0.717, 1.165) is 25.7 Å². The zero-order valence-electron chi connectivity index (χ0n) is 16.3. The maximum Gasteiger partial charge on any atom is 0.407 e. The van der Waals surface area contributed by atoms with E-state index in [0.29, 0.717) is 25.7 Å². The molecular weight excluding hydrogens is 320 g/mol. The van der Waals surface area contributed by atoms with E-state index < -0.39 is 11.6 Å². The highest BCUT2D eigenvalue weighted by Gasteiger charge is 2.39. The number of carbonyl (C=O) groups excluding carboxylic acids is 1. The Labute approximate surface area is 151 Å². The summed E-state index contributed by atoms with van der Waals surface area (Å²) >= 11 is 0. The molecule has 2 rings (SSSR count). The van der Waals surface area contributed by atoms with Gasteiger partial charge in [-0.1, -0.05) is 13.8 Å². The molecule has 1 atom stereocenters. The number of morpholine rings is 1. The van der Waals surface area contributed by atoms with Crippen LogP contribution in [0.15, 0.2) is 0 Å². The summed E-state index contributed by atoms with van der Waals surface area (Å²) in [6.07, 6.45) is 2.19. The van der Waals surface area contributed by atoms with Crippen molar-refractivity contribution in [2.24, 2.45) is 11.8 Å². The zero-order chi connectivity index (χ0) is 18.8. The van der Waals surface area contributed by atoms with Gasteiger partial charge in [0.1, 0.15) is 0 Å². The number of hydrogen-bond acceptors (Lipinski definition) is 3. The molecule has 144 valence electrons. The summed E-state index contributed by atoms with van der Waals surface area (Å²) in [5.74, 6) is 0.633. The number of carbonyl (C=O) groups is 2. The number of nitrogens with zero attached hydrogens (tertiary/aromatic N) is 2. The van der Waals surface area contributed by atoms with Gasteiger partial charge in [0.2, 0.25) is 5.91 Å². The van der Waals surface area contributed by atoms with Gasteiger partial charge in [-0.3, -0.25) is 4.79 Å². The predicted octanol–water partition coefficient (Wildman–Crippen LogP) is 3.21. The first-order chi connectivity index (χ1) is 11.6. The van der Waals surface area contributed by atoms with Crippen LogP contribution in [0.1, 0.15) is 60.3 Å². The van der Waals surface area contributed by atoms with Crippen molar-refractivity contribution in [3.05, 3.63) is 0 Å². The highest BCUT2D eigenvalue weighted by molar-refractivity contribution is 5.79. The van der Waals surface area contributed by atoms with Gasteiger partial charge in [0.15, 0.2) is 0 Å². The lowest BCUT2D eigenvalue weighted by Crippen LogP contribution is -2.55. The minimum Gasteiger partial charge on any atom is -0.465 e. The highest BCUT2D eigenvalue weighted by atomic mass is 16.5. The van der Waals surface area contributed by atoms with E-state index in [9.17, 15) is 14.7 Å². The van der Waals surface area contributed by atoms with Crippen LogP contribution < -0.4 is 0 Å². The van der Waals surface area contributed by atoms with Gasteiger partial charge < -0.3 is 19.6 Å². The Bertz CT molecular complexity index is 478. The van der Waals surface area contributed by atoms with Gasteiger partial charge in [0.25, 0.3) is 0 Å².